The Bertz CT molecular complexity index is 1550. The van der Waals surface area contributed by atoms with Gasteiger partial charge in [0.2, 0.25) is 0 Å². The summed E-state index contributed by atoms with van der Waals surface area (Å²) in [7, 11) is 0. The van der Waals surface area contributed by atoms with Crippen molar-refractivity contribution in [1.29, 1.82) is 0 Å². The van der Waals surface area contributed by atoms with Crippen LogP contribution in [0, 0.1) is 0 Å². The highest BCUT2D eigenvalue weighted by molar-refractivity contribution is 8.11. The van der Waals surface area contributed by atoms with E-state index in [0.29, 0.717) is 4.32 Å². The van der Waals surface area contributed by atoms with Gasteiger partial charge in [-0.1, -0.05) is 109 Å². The first-order valence-electron chi connectivity index (χ1n) is 10.6. The van der Waals surface area contributed by atoms with Crippen molar-refractivity contribution in [3.8, 4) is 0 Å². The first-order valence-corrected chi connectivity index (χ1v) is 11.4. The summed E-state index contributed by atoms with van der Waals surface area (Å²) >= 11 is 10.4. The third-order valence-electron chi connectivity index (χ3n) is 6.20. The smallest absolute Gasteiger partial charge is 0.142 e. The van der Waals surface area contributed by atoms with E-state index < -0.39 is 0 Å². The molecule has 0 radical (unpaired) electrons. The van der Waals surface area contributed by atoms with E-state index in [9.17, 15) is 0 Å². The molecule has 0 bridgehead atoms. The number of nitrogens with zero attached hydrogens (tertiary/aromatic N) is 1. The minimum Gasteiger partial charge on any atom is -0.295 e. The Morgan fingerprint density at radius 2 is 0.906 bits per heavy atom. The summed E-state index contributed by atoms with van der Waals surface area (Å²) in [5, 5.41) is 9.66. The fourth-order valence-corrected chi connectivity index (χ4v) is 5.19. The van der Waals surface area contributed by atoms with Gasteiger partial charge in [-0.2, -0.15) is 0 Å². The molecule has 1 nitrogen and oxygen atoms in total. The largest absolute Gasteiger partial charge is 0.295 e. The quantitative estimate of drug-likeness (QED) is 0.161. The third kappa shape index (κ3) is 2.97. The minimum absolute atomic E-state index is 0.520. The van der Waals surface area contributed by atoms with E-state index in [-0.39, 0.29) is 0 Å². The Morgan fingerprint density at radius 3 is 1.38 bits per heavy atom. The first kappa shape index (κ1) is 19.3. The normalized spacial score (nSPS) is 11.4. The number of hydrogen-bond donors (Lipinski definition) is 1. The topological polar surface area (TPSA) is 3.24 Å². The zero-order valence-corrected chi connectivity index (χ0v) is 18.9. The molecule has 0 aliphatic heterocycles. The van der Waals surface area contributed by atoms with Crippen LogP contribution in [0.25, 0.3) is 43.1 Å². The Morgan fingerprint density at radius 1 is 0.469 bits per heavy atom. The van der Waals surface area contributed by atoms with Gasteiger partial charge in [0.05, 0.1) is 11.4 Å². The molecule has 0 N–H and O–H groups in total. The predicted molar refractivity (Wildman–Crippen MR) is 147 cm³/mol. The van der Waals surface area contributed by atoms with Gasteiger partial charge < -0.3 is 0 Å². The van der Waals surface area contributed by atoms with E-state index in [2.05, 4.69) is 127 Å². The molecule has 0 atom stereocenters. The van der Waals surface area contributed by atoms with Crippen LogP contribution in [0.1, 0.15) is 0 Å². The van der Waals surface area contributed by atoms with E-state index in [1.54, 1.807) is 0 Å². The first-order chi connectivity index (χ1) is 15.7. The van der Waals surface area contributed by atoms with E-state index in [1.165, 1.54) is 32.3 Å². The van der Waals surface area contributed by atoms with Crippen molar-refractivity contribution in [2.24, 2.45) is 0 Å². The second kappa shape index (κ2) is 7.63. The molecule has 0 aliphatic rings. The van der Waals surface area contributed by atoms with E-state index in [1.807, 2.05) is 0 Å². The summed E-state index contributed by atoms with van der Waals surface area (Å²) in [6.07, 6.45) is 0. The second-order valence-electron chi connectivity index (χ2n) is 7.94. The van der Waals surface area contributed by atoms with Crippen LogP contribution in [-0.4, -0.2) is 4.32 Å². The second-order valence-corrected chi connectivity index (χ2v) is 9.05. The Balaban J connectivity index is 1.66. The van der Waals surface area contributed by atoms with E-state index in [0.717, 1.165) is 22.1 Å². The third-order valence-corrected chi connectivity index (χ3v) is 6.58. The SMILES string of the molecule is S=C(S)N(c1cccc2c1ccc1ccccc12)c1cccc2c1ccc1ccccc12. The van der Waals surface area contributed by atoms with Crippen LogP contribution < -0.4 is 4.90 Å². The molecule has 0 unspecified atom stereocenters. The molecular formula is C29H19NS2. The molecular weight excluding hydrogens is 426 g/mol. The van der Waals surface area contributed by atoms with Crippen molar-refractivity contribution in [1.82, 2.24) is 0 Å². The summed E-state index contributed by atoms with van der Waals surface area (Å²) in [5.41, 5.74) is 2.07. The van der Waals surface area contributed by atoms with Crippen molar-refractivity contribution in [2.75, 3.05) is 4.90 Å². The summed E-state index contributed by atoms with van der Waals surface area (Å²) < 4.78 is 0.520. The Hall–Kier alpha value is -3.40. The van der Waals surface area contributed by atoms with Gasteiger partial charge in [0, 0.05) is 10.8 Å². The molecule has 0 fully saturated rings. The average molecular weight is 446 g/mol. The maximum absolute atomic E-state index is 5.69. The van der Waals surface area contributed by atoms with Crippen molar-refractivity contribution in [3.05, 3.63) is 109 Å². The molecule has 32 heavy (non-hydrogen) atoms. The van der Waals surface area contributed by atoms with Gasteiger partial charge in [0.1, 0.15) is 4.32 Å². The van der Waals surface area contributed by atoms with Gasteiger partial charge in [-0.3, -0.25) is 4.90 Å². The van der Waals surface area contributed by atoms with Crippen LogP contribution in [0.5, 0.6) is 0 Å². The maximum Gasteiger partial charge on any atom is 0.142 e. The summed E-state index contributed by atoms with van der Waals surface area (Å²) in [6.45, 7) is 0. The van der Waals surface area contributed by atoms with Gasteiger partial charge >= 0.3 is 0 Å². The molecule has 0 amide bonds. The van der Waals surface area contributed by atoms with Crippen LogP contribution in [0.4, 0.5) is 11.4 Å². The van der Waals surface area contributed by atoms with Gasteiger partial charge in [0.15, 0.2) is 0 Å². The summed E-state index contributed by atoms with van der Waals surface area (Å²) in [6, 6.07) is 38.5. The molecule has 6 rings (SSSR count). The predicted octanol–water partition coefficient (Wildman–Crippen LogP) is 8.65. The monoisotopic (exact) mass is 445 g/mol. The summed E-state index contributed by atoms with van der Waals surface area (Å²) in [5.74, 6) is 0. The zero-order chi connectivity index (χ0) is 21.7. The van der Waals surface area contributed by atoms with Crippen molar-refractivity contribution in [3.63, 3.8) is 0 Å². The van der Waals surface area contributed by atoms with Crippen molar-refractivity contribution in [2.45, 2.75) is 0 Å². The lowest BCUT2D eigenvalue weighted by Gasteiger charge is -2.26. The number of benzene rings is 6. The molecule has 6 aromatic rings. The highest BCUT2D eigenvalue weighted by atomic mass is 32.1. The van der Waals surface area contributed by atoms with Crippen molar-refractivity contribution >= 4 is 83.6 Å². The Labute approximate surface area is 197 Å². The lowest BCUT2D eigenvalue weighted by atomic mass is 9.98. The fraction of sp³-hybridized carbons (Fsp3) is 0. The Kier molecular flexibility index (Phi) is 4.60. The molecule has 0 saturated heterocycles. The maximum atomic E-state index is 5.69. The van der Waals surface area contributed by atoms with Crippen LogP contribution in [-0.2, 0) is 0 Å². The molecule has 0 aliphatic carbocycles. The van der Waals surface area contributed by atoms with Gasteiger partial charge in [-0.15, -0.1) is 12.6 Å². The number of thiol groups is 1. The lowest BCUT2D eigenvalue weighted by molar-refractivity contribution is 1.43. The van der Waals surface area contributed by atoms with Crippen molar-refractivity contribution < 1.29 is 0 Å². The number of fused-ring (bicyclic) bond motifs is 6. The molecule has 152 valence electrons. The average Bonchev–Trinajstić information content (AvgIpc) is 2.84. The molecule has 3 heteroatoms. The number of rotatable bonds is 2. The highest BCUT2D eigenvalue weighted by Crippen LogP contribution is 2.40. The van der Waals surface area contributed by atoms with Gasteiger partial charge in [-0.25, -0.2) is 0 Å². The van der Waals surface area contributed by atoms with Crippen LogP contribution in [0.3, 0.4) is 0 Å². The van der Waals surface area contributed by atoms with Crippen LogP contribution in [0.2, 0.25) is 0 Å². The summed E-state index contributed by atoms with van der Waals surface area (Å²) in [4.78, 5) is 2.09. The van der Waals surface area contributed by atoms with Gasteiger partial charge in [0.25, 0.3) is 0 Å². The fourth-order valence-electron chi connectivity index (χ4n) is 4.77. The van der Waals surface area contributed by atoms with Crippen LogP contribution in [0.15, 0.2) is 109 Å². The number of anilines is 2. The minimum atomic E-state index is 0.520. The molecule has 0 saturated carbocycles. The molecule has 0 aromatic heterocycles. The standard InChI is InChI=1S/C29H19NS2/c31-29(32)30(27-13-5-11-23-21-9-3-1-7-19(21)15-17-25(23)27)28-14-6-12-24-22-10-4-2-8-20(22)16-18-26(24)28/h1-18H,(H,31,32). The lowest BCUT2D eigenvalue weighted by Crippen LogP contribution is -2.20. The zero-order valence-electron chi connectivity index (χ0n) is 17.2. The van der Waals surface area contributed by atoms with E-state index in [4.69, 9.17) is 12.2 Å². The highest BCUT2D eigenvalue weighted by Gasteiger charge is 2.18. The number of thiocarbonyl (C=S) groups is 1. The molecule has 0 spiro atoms. The number of hydrogen-bond acceptors (Lipinski definition) is 1. The molecule has 0 heterocycles. The van der Waals surface area contributed by atoms with Crippen LogP contribution >= 0.6 is 24.8 Å². The van der Waals surface area contributed by atoms with E-state index >= 15 is 0 Å². The van der Waals surface area contributed by atoms with Gasteiger partial charge in [-0.05, 0) is 44.5 Å². The molecule has 6 aromatic carbocycles.